The third-order valence-electron chi connectivity index (χ3n) is 6.13. The number of anilines is 1. The summed E-state index contributed by atoms with van der Waals surface area (Å²) in [6, 6.07) is 14.7. The number of aromatic nitrogens is 2. The second-order valence-corrected chi connectivity index (χ2v) is 8.82. The van der Waals surface area contributed by atoms with Gasteiger partial charge in [0.25, 0.3) is 0 Å². The summed E-state index contributed by atoms with van der Waals surface area (Å²) < 4.78 is 5.68. The average molecular weight is 480 g/mol. The number of nitrogens with one attached hydrogen (secondary N) is 1. The van der Waals surface area contributed by atoms with E-state index in [4.69, 9.17) is 33.7 Å². The first-order chi connectivity index (χ1) is 15.9. The molecule has 0 bridgehead atoms. The van der Waals surface area contributed by atoms with E-state index in [0.29, 0.717) is 33.3 Å². The van der Waals surface area contributed by atoms with Crippen LogP contribution in [-0.2, 0) is 23.2 Å². The summed E-state index contributed by atoms with van der Waals surface area (Å²) in [6.07, 6.45) is 1.44. The van der Waals surface area contributed by atoms with Gasteiger partial charge >= 0.3 is 0 Å². The third kappa shape index (κ3) is 2.95. The van der Waals surface area contributed by atoms with Crippen LogP contribution in [0.15, 0.2) is 53.9 Å². The van der Waals surface area contributed by atoms with Crippen LogP contribution in [0, 0.1) is 11.3 Å². The number of amides is 1. The van der Waals surface area contributed by atoms with Crippen molar-refractivity contribution in [3.63, 3.8) is 0 Å². The van der Waals surface area contributed by atoms with E-state index in [-0.39, 0.29) is 29.8 Å². The lowest BCUT2D eigenvalue weighted by Crippen LogP contribution is -2.46. The van der Waals surface area contributed by atoms with Crippen LogP contribution < -0.4 is 15.4 Å². The molecule has 2 aliphatic heterocycles. The number of ether oxygens (including phenoxy) is 1. The molecule has 0 saturated carbocycles. The van der Waals surface area contributed by atoms with Crippen molar-refractivity contribution in [2.75, 3.05) is 4.90 Å². The van der Waals surface area contributed by atoms with E-state index in [9.17, 15) is 10.1 Å². The molecule has 2 aromatic carbocycles. The summed E-state index contributed by atoms with van der Waals surface area (Å²) in [7, 11) is 0. The highest BCUT2D eigenvalue weighted by Gasteiger charge is 2.60. The van der Waals surface area contributed by atoms with Crippen LogP contribution in [0.25, 0.3) is 0 Å². The van der Waals surface area contributed by atoms with E-state index in [2.05, 4.69) is 16.3 Å². The van der Waals surface area contributed by atoms with Crippen molar-refractivity contribution in [1.29, 1.82) is 5.26 Å². The van der Waals surface area contributed by atoms with Gasteiger partial charge in [-0.2, -0.15) is 5.26 Å². The Labute approximate surface area is 200 Å². The summed E-state index contributed by atoms with van der Waals surface area (Å²) >= 11 is 12.5. The van der Waals surface area contributed by atoms with Crippen LogP contribution in [0.4, 0.5) is 5.69 Å². The molecule has 3 heterocycles. The normalized spacial score (nSPS) is 18.8. The highest BCUT2D eigenvalue weighted by atomic mass is 35.5. The lowest BCUT2D eigenvalue weighted by molar-refractivity contribution is -0.121. The highest BCUT2D eigenvalue weighted by Crippen LogP contribution is 2.56. The van der Waals surface area contributed by atoms with Gasteiger partial charge < -0.3 is 15.4 Å². The number of hydrogen-bond acceptors (Lipinski definition) is 5. The summed E-state index contributed by atoms with van der Waals surface area (Å²) in [4.78, 5) is 16.0. The van der Waals surface area contributed by atoms with Crippen molar-refractivity contribution in [2.24, 2.45) is 5.73 Å². The van der Waals surface area contributed by atoms with Gasteiger partial charge in [-0.3, -0.25) is 9.89 Å². The Kier molecular flexibility index (Phi) is 5.08. The molecule has 2 aliphatic rings. The molecule has 0 radical (unpaired) electrons. The molecule has 1 amide bonds. The number of aromatic amines is 1. The van der Waals surface area contributed by atoms with Crippen LogP contribution in [0.3, 0.4) is 0 Å². The Morgan fingerprint density at radius 1 is 1.27 bits per heavy atom. The topological polar surface area (TPSA) is 108 Å². The lowest BCUT2D eigenvalue weighted by atomic mass is 9.68. The van der Waals surface area contributed by atoms with Gasteiger partial charge in [0.1, 0.15) is 17.1 Å². The highest BCUT2D eigenvalue weighted by molar-refractivity contribution is 6.35. The maximum absolute atomic E-state index is 14.4. The first-order valence-electron chi connectivity index (χ1n) is 10.4. The summed E-state index contributed by atoms with van der Waals surface area (Å²) in [5, 5.41) is 18.4. The maximum atomic E-state index is 14.4. The Balaban J connectivity index is 1.77. The SMILES string of the molecule is CCCc1[nH]nc2c1[C@]1(C(=O)N(Cc3ccc(Cl)cc3Cl)c3ccccc31)C(C#N)=C(N)O2. The van der Waals surface area contributed by atoms with E-state index < -0.39 is 5.41 Å². The number of nitriles is 1. The molecule has 0 aliphatic carbocycles. The number of carbonyl (C=O) groups is 1. The van der Waals surface area contributed by atoms with Gasteiger partial charge in [-0.25, -0.2) is 0 Å². The standard InChI is InChI=1S/C24H19Cl2N5O2/c1-2-5-18-20-22(30-29-18)33-21(28)16(11-27)24(20)15-6-3-4-7-19(15)31(23(24)32)12-13-8-9-14(25)10-17(13)26/h3-4,6-10H,2,5,12,28H2,1H3,(H,29,30)/t24-/m1/s1. The first-order valence-corrected chi connectivity index (χ1v) is 11.2. The van der Waals surface area contributed by atoms with E-state index in [1.165, 1.54) is 0 Å². The number of H-pyrrole nitrogens is 1. The smallest absolute Gasteiger partial charge is 0.248 e. The fourth-order valence-corrected chi connectivity index (χ4v) is 5.24. The van der Waals surface area contributed by atoms with Crippen LogP contribution in [0.5, 0.6) is 5.88 Å². The van der Waals surface area contributed by atoms with Gasteiger partial charge in [0.05, 0.1) is 12.1 Å². The number of nitrogens with two attached hydrogens (primary N) is 1. The van der Waals surface area contributed by atoms with E-state index in [0.717, 1.165) is 17.7 Å². The van der Waals surface area contributed by atoms with Gasteiger partial charge in [-0.1, -0.05) is 60.8 Å². The fraction of sp³-hybridized carbons (Fsp3) is 0.208. The van der Waals surface area contributed by atoms with Crippen molar-refractivity contribution in [3.05, 3.63) is 86.4 Å². The number of para-hydroxylation sites is 1. The van der Waals surface area contributed by atoms with E-state index >= 15 is 0 Å². The molecule has 0 saturated heterocycles. The molecule has 0 fully saturated rings. The number of nitrogens with zero attached hydrogens (tertiary/aromatic N) is 3. The first kappa shape index (κ1) is 21.4. The molecule has 33 heavy (non-hydrogen) atoms. The molecule has 1 atom stereocenters. The molecule has 3 N–H and O–H groups in total. The number of aryl methyl sites for hydroxylation is 1. The molecule has 1 spiro atoms. The monoisotopic (exact) mass is 479 g/mol. The van der Waals surface area contributed by atoms with Crippen molar-refractivity contribution in [3.8, 4) is 11.9 Å². The number of carbonyl (C=O) groups excluding carboxylic acids is 1. The third-order valence-corrected chi connectivity index (χ3v) is 6.72. The quantitative estimate of drug-likeness (QED) is 0.568. The number of fused-ring (bicyclic) bond motifs is 4. The zero-order chi connectivity index (χ0) is 23.3. The molecule has 7 nitrogen and oxygen atoms in total. The molecule has 0 unspecified atom stereocenters. The predicted molar refractivity (Wildman–Crippen MR) is 125 cm³/mol. The minimum atomic E-state index is -1.46. The summed E-state index contributed by atoms with van der Waals surface area (Å²) in [5.41, 5.74) is 8.10. The number of rotatable bonds is 4. The van der Waals surface area contributed by atoms with Crippen molar-refractivity contribution in [1.82, 2.24) is 10.2 Å². The van der Waals surface area contributed by atoms with E-state index in [1.807, 2.05) is 31.2 Å². The van der Waals surface area contributed by atoms with Gasteiger partial charge in [0, 0.05) is 27.0 Å². The van der Waals surface area contributed by atoms with Crippen molar-refractivity contribution in [2.45, 2.75) is 31.7 Å². The minimum absolute atomic E-state index is 0.0518. The maximum Gasteiger partial charge on any atom is 0.248 e. The zero-order valence-corrected chi connectivity index (χ0v) is 19.2. The van der Waals surface area contributed by atoms with Crippen LogP contribution in [-0.4, -0.2) is 16.1 Å². The second kappa shape index (κ2) is 7.84. The summed E-state index contributed by atoms with van der Waals surface area (Å²) in [5.74, 6) is -0.226. The predicted octanol–water partition coefficient (Wildman–Crippen LogP) is 4.59. The Bertz CT molecular complexity index is 1370. The number of hydrogen-bond donors (Lipinski definition) is 2. The largest absolute Gasteiger partial charge is 0.420 e. The van der Waals surface area contributed by atoms with Gasteiger partial charge in [0.2, 0.25) is 17.7 Å². The Morgan fingerprint density at radius 3 is 2.79 bits per heavy atom. The molecular weight excluding hydrogens is 461 g/mol. The molecule has 166 valence electrons. The molecular formula is C24H19Cl2N5O2. The van der Waals surface area contributed by atoms with Crippen LogP contribution in [0.2, 0.25) is 10.0 Å². The van der Waals surface area contributed by atoms with Crippen LogP contribution >= 0.6 is 23.2 Å². The molecule has 3 aromatic rings. The minimum Gasteiger partial charge on any atom is -0.420 e. The van der Waals surface area contributed by atoms with E-state index in [1.54, 1.807) is 23.1 Å². The second-order valence-electron chi connectivity index (χ2n) is 7.98. The van der Waals surface area contributed by atoms with Gasteiger partial charge in [-0.05, 0) is 30.2 Å². The van der Waals surface area contributed by atoms with Crippen LogP contribution in [0.1, 0.15) is 35.7 Å². The summed E-state index contributed by atoms with van der Waals surface area (Å²) in [6.45, 7) is 2.22. The van der Waals surface area contributed by atoms with Gasteiger partial charge in [-0.15, -0.1) is 5.10 Å². The number of halogens is 2. The fourth-order valence-electron chi connectivity index (χ4n) is 4.77. The zero-order valence-electron chi connectivity index (χ0n) is 17.7. The molecule has 9 heteroatoms. The van der Waals surface area contributed by atoms with Gasteiger partial charge in [0.15, 0.2) is 0 Å². The number of benzene rings is 2. The molecule has 5 rings (SSSR count). The average Bonchev–Trinajstić information content (AvgIpc) is 3.29. The van der Waals surface area contributed by atoms with Crippen molar-refractivity contribution < 1.29 is 9.53 Å². The Morgan fingerprint density at radius 2 is 2.06 bits per heavy atom. The van der Waals surface area contributed by atoms with Crippen molar-refractivity contribution >= 4 is 34.8 Å². The molecule has 1 aromatic heterocycles. The lowest BCUT2D eigenvalue weighted by Gasteiger charge is -2.33. The Hall–Kier alpha value is -3.47.